The molecule has 0 aliphatic rings. The van der Waals surface area contributed by atoms with Crippen LogP contribution in [-0.4, -0.2) is 6.36 Å². The molecular weight excluding hydrogens is 243 g/mol. The second kappa shape index (κ2) is 5.18. The molecule has 2 nitrogen and oxygen atoms in total. The van der Waals surface area contributed by atoms with Crippen LogP contribution >= 0.6 is 0 Å². The fourth-order valence-corrected chi connectivity index (χ4v) is 1.81. The van der Waals surface area contributed by atoms with Crippen LogP contribution in [0.5, 0.6) is 5.75 Å². The smallest absolute Gasteiger partial charge is 0.405 e. The van der Waals surface area contributed by atoms with E-state index in [1.807, 2.05) is 13.8 Å². The minimum absolute atomic E-state index is 0.0375. The third-order valence-electron chi connectivity index (χ3n) is 3.33. The third kappa shape index (κ3) is 3.38. The van der Waals surface area contributed by atoms with Crippen LogP contribution in [0.3, 0.4) is 0 Å². The Hall–Kier alpha value is -1.23. The van der Waals surface area contributed by atoms with Crippen molar-refractivity contribution in [3.05, 3.63) is 29.8 Å². The molecule has 5 heteroatoms. The van der Waals surface area contributed by atoms with Gasteiger partial charge in [-0.25, -0.2) is 0 Å². The number of hydrogen-bond donors (Lipinski definition) is 1. The molecule has 0 saturated carbocycles. The summed E-state index contributed by atoms with van der Waals surface area (Å²) in [6.45, 7) is 5.58. The number of alkyl halides is 3. The van der Waals surface area contributed by atoms with Crippen LogP contribution in [0.2, 0.25) is 0 Å². The number of benzene rings is 1. The zero-order valence-corrected chi connectivity index (χ0v) is 10.7. The normalized spacial score (nSPS) is 17.1. The van der Waals surface area contributed by atoms with Crippen LogP contribution < -0.4 is 10.5 Å². The van der Waals surface area contributed by atoms with Gasteiger partial charge in [0.1, 0.15) is 5.75 Å². The summed E-state index contributed by atoms with van der Waals surface area (Å²) in [6, 6.07) is 6.02. The zero-order chi connectivity index (χ0) is 14.0. The molecular formula is C13H18F3NO. The van der Waals surface area contributed by atoms with E-state index >= 15 is 0 Å². The molecule has 2 N–H and O–H groups in total. The standard InChI is InChI=1S/C13H18F3NO/c1-4-9(2)12(3,17)10-7-5-6-8-11(10)18-13(14,15)16/h5-9H,4,17H2,1-3H3. The molecule has 0 amide bonds. The van der Waals surface area contributed by atoms with Crippen LogP contribution in [0.4, 0.5) is 13.2 Å². The Morgan fingerprint density at radius 1 is 1.28 bits per heavy atom. The highest BCUT2D eigenvalue weighted by Crippen LogP contribution is 2.36. The summed E-state index contributed by atoms with van der Waals surface area (Å²) in [5.41, 5.74) is 5.67. The highest BCUT2D eigenvalue weighted by molar-refractivity contribution is 5.39. The Kier molecular flexibility index (Phi) is 4.27. The molecule has 1 rings (SSSR count). The Balaban J connectivity index is 3.16. The van der Waals surface area contributed by atoms with Gasteiger partial charge in [-0.05, 0) is 18.9 Å². The van der Waals surface area contributed by atoms with Gasteiger partial charge >= 0.3 is 6.36 Å². The second-order valence-corrected chi connectivity index (χ2v) is 4.64. The topological polar surface area (TPSA) is 35.2 Å². The number of halogens is 3. The molecule has 2 unspecified atom stereocenters. The van der Waals surface area contributed by atoms with Crippen molar-refractivity contribution in [1.82, 2.24) is 0 Å². The first kappa shape index (κ1) is 14.8. The molecule has 0 spiro atoms. The van der Waals surface area contributed by atoms with Crippen molar-refractivity contribution in [2.45, 2.75) is 39.1 Å². The molecule has 0 heterocycles. The lowest BCUT2D eigenvalue weighted by Gasteiger charge is -2.33. The maximum atomic E-state index is 12.3. The van der Waals surface area contributed by atoms with Gasteiger partial charge in [0.05, 0.1) is 0 Å². The van der Waals surface area contributed by atoms with E-state index in [-0.39, 0.29) is 11.7 Å². The van der Waals surface area contributed by atoms with Crippen molar-refractivity contribution in [1.29, 1.82) is 0 Å². The van der Waals surface area contributed by atoms with Crippen LogP contribution in [0.15, 0.2) is 24.3 Å². The first-order valence-electron chi connectivity index (χ1n) is 5.82. The molecule has 0 saturated heterocycles. The van der Waals surface area contributed by atoms with Gasteiger partial charge in [0.15, 0.2) is 0 Å². The number of ether oxygens (including phenoxy) is 1. The highest BCUT2D eigenvalue weighted by Gasteiger charge is 2.36. The Morgan fingerprint density at radius 3 is 2.33 bits per heavy atom. The molecule has 18 heavy (non-hydrogen) atoms. The molecule has 1 aromatic carbocycles. The second-order valence-electron chi connectivity index (χ2n) is 4.64. The monoisotopic (exact) mass is 261 g/mol. The zero-order valence-electron chi connectivity index (χ0n) is 10.7. The predicted octanol–water partition coefficient (Wildman–Crippen LogP) is 3.81. The number of hydrogen-bond acceptors (Lipinski definition) is 2. The minimum Gasteiger partial charge on any atom is -0.405 e. The lowest BCUT2D eigenvalue weighted by atomic mass is 9.80. The third-order valence-corrected chi connectivity index (χ3v) is 3.33. The quantitative estimate of drug-likeness (QED) is 0.894. The van der Waals surface area contributed by atoms with E-state index in [0.717, 1.165) is 6.42 Å². The van der Waals surface area contributed by atoms with Crippen molar-refractivity contribution >= 4 is 0 Å². The van der Waals surface area contributed by atoms with Crippen molar-refractivity contribution in [3.8, 4) is 5.75 Å². The van der Waals surface area contributed by atoms with Gasteiger partial charge in [0.25, 0.3) is 0 Å². The number of nitrogens with two attached hydrogens (primary N) is 1. The SMILES string of the molecule is CCC(C)C(C)(N)c1ccccc1OC(F)(F)F. The van der Waals surface area contributed by atoms with Crippen LogP contribution in [-0.2, 0) is 5.54 Å². The van der Waals surface area contributed by atoms with Crippen molar-refractivity contribution in [3.63, 3.8) is 0 Å². The summed E-state index contributed by atoms with van der Waals surface area (Å²) in [7, 11) is 0. The molecule has 2 atom stereocenters. The molecule has 0 aliphatic carbocycles. The molecule has 1 aromatic rings. The molecule has 0 bridgehead atoms. The van der Waals surface area contributed by atoms with E-state index in [1.165, 1.54) is 12.1 Å². The van der Waals surface area contributed by atoms with E-state index in [4.69, 9.17) is 5.73 Å². The maximum Gasteiger partial charge on any atom is 0.573 e. The van der Waals surface area contributed by atoms with E-state index in [9.17, 15) is 13.2 Å². The fraction of sp³-hybridized carbons (Fsp3) is 0.538. The van der Waals surface area contributed by atoms with Crippen molar-refractivity contribution < 1.29 is 17.9 Å². The summed E-state index contributed by atoms with van der Waals surface area (Å²) in [5.74, 6) is -0.189. The molecule has 0 radical (unpaired) electrons. The number of rotatable bonds is 4. The molecule has 0 aliphatic heterocycles. The van der Waals surface area contributed by atoms with Crippen LogP contribution in [0.1, 0.15) is 32.8 Å². The predicted molar refractivity (Wildman–Crippen MR) is 64.1 cm³/mol. The first-order valence-corrected chi connectivity index (χ1v) is 5.82. The van der Waals surface area contributed by atoms with Gasteiger partial charge < -0.3 is 10.5 Å². The van der Waals surface area contributed by atoms with Gasteiger partial charge in [-0.3, -0.25) is 0 Å². The Morgan fingerprint density at radius 2 is 1.83 bits per heavy atom. The van der Waals surface area contributed by atoms with Crippen LogP contribution in [0, 0.1) is 5.92 Å². The van der Waals surface area contributed by atoms with Crippen molar-refractivity contribution in [2.24, 2.45) is 11.7 Å². The molecule has 0 aromatic heterocycles. The largest absolute Gasteiger partial charge is 0.573 e. The van der Waals surface area contributed by atoms with Crippen LogP contribution in [0.25, 0.3) is 0 Å². The lowest BCUT2D eigenvalue weighted by Crippen LogP contribution is -2.40. The fourth-order valence-electron chi connectivity index (χ4n) is 1.81. The van der Waals surface area contributed by atoms with Gasteiger partial charge in [0.2, 0.25) is 0 Å². The first-order chi connectivity index (χ1) is 8.18. The average molecular weight is 261 g/mol. The average Bonchev–Trinajstić information content (AvgIpc) is 2.26. The maximum absolute atomic E-state index is 12.3. The van der Waals surface area contributed by atoms with E-state index in [2.05, 4.69) is 4.74 Å². The Labute approximate surface area is 105 Å². The molecule has 102 valence electrons. The summed E-state index contributed by atoms with van der Waals surface area (Å²) in [5, 5.41) is 0. The summed E-state index contributed by atoms with van der Waals surface area (Å²) in [4.78, 5) is 0. The molecule has 0 fully saturated rings. The summed E-state index contributed by atoms with van der Waals surface area (Å²) >= 11 is 0. The van der Waals surface area contributed by atoms with E-state index < -0.39 is 11.9 Å². The van der Waals surface area contributed by atoms with Gasteiger partial charge in [-0.1, -0.05) is 38.5 Å². The van der Waals surface area contributed by atoms with Gasteiger partial charge in [-0.2, -0.15) is 0 Å². The van der Waals surface area contributed by atoms with Gasteiger partial charge in [0, 0.05) is 11.1 Å². The summed E-state index contributed by atoms with van der Waals surface area (Å²) < 4.78 is 41.0. The van der Waals surface area contributed by atoms with E-state index in [0.29, 0.717) is 5.56 Å². The lowest BCUT2D eigenvalue weighted by molar-refractivity contribution is -0.275. The van der Waals surface area contributed by atoms with Crippen molar-refractivity contribution in [2.75, 3.05) is 0 Å². The van der Waals surface area contributed by atoms with Gasteiger partial charge in [-0.15, -0.1) is 13.2 Å². The van der Waals surface area contributed by atoms with E-state index in [1.54, 1.807) is 19.1 Å². The number of para-hydroxylation sites is 1. The Bertz CT molecular complexity index is 401. The minimum atomic E-state index is -4.71. The summed E-state index contributed by atoms with van der Waals surface area (Å²) in [6.07, 6.45) is -3.94. The highest BCUT2D eigenvalue weighted by atomic mass is 19.4.